The summed E-state index contributed by atoms with van der Waals surface area (Å²) in [6, 6.07) is 0. The van der Waals surface area contributed by atoms with Crippen LogP contribution >= 0.6 is 0 Å². The van der Waals surface area contributed by atoms with Gasteiger partial charge >= 0.3 is 0 Å². The standard InChI is InChI=1S/C5H11NO/c1-5(4-7)2-3-6/h3,5-7H,2,4H2,1H3/t5-/m0/s1. The molecular weight excluding hydrogens is 90.1 g/mol. The first-order chi connectivity index (χ1) is 3.31. The molecule has 0 radical (unpaired) electrons. The maximum Gasteiger partial charge on any atom is 0.0460 e. The van der Waals surface area contributed by atoms with Crippen LogP contribution in [0.1, 0.15) is 13.3 Å². The van der Waals surface area contributed by atoms with Gasteiger partial charge in [0, 0.05) is 6.61 Å². The summed E-state index contributed by atoms with van der Waals surface area (Å²) in [5.41, 5.74) is 0. The van der Waals surface area contributed by atoms with Gasteiger partial charge in [-0.1, -0.05) is 6.92 Å². The average molecular weight is 101 g/mol. The van der Waals surface area contributed by atoms with E-state index in [2.05, 4.69) is 0 Å². The Hall–Kier alpha value is -0.370. The number of hydrogen-bond acceptors (Lipinski definition) is 2. The number of aliphatic hydroxyl groups is 1. The van der Waals surface area contributed by atoms with Crippen molar-refractivity contribution in [2.75, 3.05) is 6.61 Å². The highest BCUT2D eigenvalue weighted by atomic mass is 16.3. The molecule has 0 aliphatic rings. The molecule has 0 heterocycles. The highest BCUT2D eigenvalue weighted by molar-refractivity contribution is 5.53. The lowest BCUT2D eigenvalue weighted by atomic mass is 10.1. The van der Waals surface area contributed by atoms with Gasteiger partial charge in [-0.3, -0.25) is 0 Å². The molecular formula is C5H11NO. The quantitative estimate of drug-likeness (QED) is 0.504. The van der Waals surface area contributed by atoms with Crippen molar-refractivity contribution in [1.82, 2.24) is 0 Å². The Morgan fingerprint density at radius 1 is 1.86 bits per heavy atom. The van der Waals surface area contributed by atoms with Crippen LogP contribution in [0.3, 0.4) is 0 Å². The summed E-state index contributed by atoms with van der Waals surface area (Å²) in [6.45, 7) is 2.10. The Morgan fingerprint density at radius 2 is 2.43 bits per heavy atom. The van der Waals surface area contributed by atoms with Crippen LogP contribution in [0.2, 0.25) is 0 Å². The van der Waals surface area contributed by atoms with E-state index in [0.29, 0.717) is 6.42 Å². The molecule has 2 nitrogen and oxygen atoms in total. The van der Waals surface area contributed by atoms with E-state index < -0.39 is 0 Å². The van der Waals surface area contributed by atoms with Crippen LogP contribution in [-0.4, -0.2) is 17.9 Å². The molecule has 0 amide bonds. The van der Waals surface area contributed by atoms with Gasteiger partial charge in [0.25, 0.3) is 0 Å². The predicted octanol–water partition coefficient (Wildman–Crippen LogP) is 0.654. The zero-order valence-electron chi connectivity index (χ0n) is 4.52. The summed E-state index contributed by atoms with van der Waals surface area (Å²) in [7, 11) is 0. The monoisotopic (exact) mass is 101 g/mol. The first kappa shape index (κ1) is 6.63. The third-order valence-electron chi connectivity index (χ3n) is 0.832. The van der Waals surface area contributed by atoms with Gasteiger partial charge < -0.3 is 10.5 Å². The molecule has 0 aliphatic carbocycles. The molecule has 2 heteroatoms. The summed E-state index contributed by atoms with van der Waals surface area (Å²) in [6.07, 6.45) is 2.01. The Morgan fingerprint density at radius 3 is 2.57 bits per heavy atom. The second kappa shape index (κ2) is 3.81. The molecule has 0 rings (SSSR count). The smallest absolute Gasteiger partial charge is 0.0460 e. The van der Waals surface area contributed by atoms with E-state index in [1.807, 2.05) is 6.92 Å². The van der Waals surface area contributed by atoms with Crippen molar-refractivity contribution in [2.45, 2.75) is 13.3 Å². The second-order valence-electron chi connectivity index (χ2n) is 1.73. The first-order valence-electron chi connectivity index (χ1n) is 2.41. The summed E-state index contributed by atoms with van der Waals surface area (Å²) in [4.78, 5) is 0. The average Bonchev–Trinajstić information content (AvgIpc) is 1.68. The SMILES string of the molecule is C[C@H](CO)CC=N. The molecule has 0 bridgehead atoms. The van der Waals surface area contributed by atoms with Crippen LogP contribution in [0.4, 0.5) is 0 Å². The van der Waals surface area contributed by atoms with E-state index in [0.717, 1.165) is 0 Å². The minimum absolute atomic E-state index is 0.190. The van der Waals surface area contributed by atoms with Crippen LogP contribution in [0.5, 0.6) is 0 Å². The topological polar surface area (TPSA) is 44.1 Å². The fourth-order valence-corrected chi connectivity index (χ4v) is 0.276. The number of nitrogens with one attached hydrogen (secondary N) is 1. The molecule has 7 heavy (non-hydrogen) atoms. The normalized spacial score (nSPS) is 13.4. The Bertz CT molecular complexity index is 54.0. The predicted molar refractivity (Wildman–Crippen MR) is 29.7 cm³/mol. The molecule has 2 N–H and O–H groups in total. The van der Waals surface area contributed by atoms with Crippen LogP contribution in [0.15, 0.2) is 0 Å². The number of hydrogen-bond donors (Lipinski definition) is 2. The van der Waals surface area contributed by atoms with Gasteiger partial charge in [0.2, 0.25) is 0 Å². The van der Waals surface area contributed by atoms with E-state index in [4.69, 9.17) is 10.5 Å². The summed E-state index contributed by atoms with van der Waals surface area (Å²) in [5.74, 6) is 0.262. The van der Waals surface area contributed by atoms with Crippen molar-refractivity contribution in [3.63, 3.8) is 0 Å². The Labute approximate surface area is 43.7 Å². The van der Waals surface area contributed by atoms with Crippen LogP contribution in [0, 0.1) is 11.3 Å². The van der Waals surface area contributed by atoms with Gasteiger partial charge in [0.1, 0.15) is 0 Å². The maximum atomic E-state index is 8.36. The zero-order valence-corrected chi connectivity index (χ0v) is 4.52. The van der Waals surface area contributed by atoms with Gasteiger partial charge in [-0.15, -0.1) is 0 Å². The maximum absolute atomic E-state index is 8.36. The minimum Gasteiger partial charge on any atom is -0.396 e. The molecule has 1 atom stereocenters. The largest absolute Gasteiger partial charge is 0.396 e. The molecule has 42 valence electrons. The lowest BCUT2D eigenvalue weighted by molar-refractivity contribution is 0.242. The van der Waals surface area contributed by atoms with Crippen molar-refractivity contribution in [3.05, 3.63) is 0 Å². The Kier molecular flexibility index (Phi) is 3.61. The third kappa shape index (κ3) is 3.46. The van der Waals surface area contributed by atoms with Crippen molar-refractivity contribution in [3.8, 4) is 0 Å². The van der Waals surface area contributed by atoms with E-state index >= 15 is 0 Å². The molecule has 0 fully saturated rings. The van der Waals surface area contributed by atoms with Gasteiger partial charge in [-0.05, 0) is 18.6 Å². The summed E-state index contributed by atoms with van der Waals surface area (Å²) >= 11 is 0. The van der Waals surface area contributed by atoms with Crippen molar-refractivity contribution in [1.29, 1.82) is 5.41 Å². The summed E-state index contributed by atoms with van der Waals surface area (Å²) in [5, 5.41) is 15.0. The van der Waals surface area contributed by atoms with Crippen LogP contribution in [0.25, 0.3) is 0 Å². The lowest BCUT2D eigenvalue weighted by Gasteiger charge is -1.98. The highest BCUT2D eigenvalue weighted by Gasteiger charge is 1.92. The van der Waals surface area contributed by atoms with Crippen molar-refractivity contribution in [2.24, 2.45) is 5.92 Å². The molecule has 0 unspecified atom stereocenters. The third-order valence-corrected chi connectivity index (χ3v) is 0.832. The zero-order chi connectivity index (χ0) is 5.70. The molecule has 0 saturated carbocycles. The number of rotatable bonds is 3. The van der Waals surface area contributed by atoms with Crippen LogP contribution < -0.4 is 0 Å². The first-order valence-corrected chi connectivity index (χ1v) is 2.41. The van der Waals surface area contributed by atoms with Crippen molar-refractivity contribution < 1.29 is 5.11 Å². The van der Waals surface area contributed by atoms with Gasteiger partial charge in [0.15, 0.2) is 0 Å². The molecule has 0 aromatic rings. The lowest BCUT2D eigenvalue weighted by Crippen LogP contribution is -1.99. The molecule has 0 spiro atoms. The van der Waals surface area contributed by atoms with Crippen LogP contribution in [-0.2, 0) is 0 Å². The van der Waals surface area contributed by atoms with Crippen molar-refractivity contribution >= 4 is 6.21 Å². The molecule has 0 aliphatic heterocycles. The van der Waals surface area contributed by atoms with E-state index in [1.165, 1.54) is 6.21 Å². The van der Waals surface area contributed by atoms with Gasteiger partial charge in [-0.2, -0.15) is 0 Å². The van der Waals surface area contributed by atoms with Gasteiger partial charge in [-0.25, -0.2) is 0 Å². The number of aliphatic hydroxyl groups excluding tert-OH is 1. The Balaban J connectivity index is 2.98. The van der Waals surface area contributed by atoms with E-state index in [9.17, 15) is 0 Å². The highest BCUT2D eigenvalue weighted by Crippen LogP contribution is 1.94. The van der Waals surface area contributed by atoms with E-state index in [-0.39, 0.29) is 12.5 Å². The minimum atomic E-state index is 0.190. The molecule has 0 aromatic carbocycles. The fraction of sp³-hybridized carbons (Fsp3) is 0.800. The summed E-state index contributed by atoms with van der Waals surface area (Å²) < 4.78 is 0. The van der Waals surface area contributed by atoms with Gasteiger partial charge in [0.05, 0.1) is 0 Å². The molecule has 0 saturated heterocycles. The molecule has 0 aromatic heterocycles. The fourth-order valence-electron chi connectivity index (χ4n) is 0.276. The second-order valence-corrected chi connectivity index (χ2v) is 1.73. The van der Waals surface area contributed by atoms with E-state index in [1.54, 1.807) is 0 Å².